The molecule has 1 aromatic heterocycles. The van der Waals surface area contributed by atoms with Crippen LogP contribution in [0.25, 0.3) is 10.9 Å². The van der Waals surface area contributed by atoms with Crippen LogP contribution in [0.15, 0.2) is 48.7 Å². The van der Waals surface area contributed by atoms with Crippen molar-refractivity contribution in [3.63, 3.8) is 0 Å². The Kier molecular flexibility index (Phi) is 4.73. The Morgan fingerprint density at radius 1 is 1.16 bits per heavy atom. The van der Waals surface area contributed by atoms with Crippen LogP contribution in [0.5, 0.6) is 0 Å². The molecule has 0 saturated carbocycles. The van der Waals surface area contributed by atoms with Crippen LogP contribution in [0.3, 0.4) is 0 Å². The number of aromatic nitrogens is 1. The molecular weight excluding hydrogens is 415 g/mol. The predicted molar refractivity (Wildman–Crippen MR) is 113 cm³/mol. The van der Waals surface area contributed by atoms with E-state index in [1.54, 1.807) is 41.1 Å². The van der Waals surface area contributed by atoms with Gasteiger partial charge in [0, 0.05) is 36.0 Å². The molecule has 1 fully saturated rings. The monoisotopic (exact) mass is 434 g/mol. The number of anilines is 1. The smallest absolute Gasteiger partial charge is 0.255 e. The fourth-order valence-electron chi connectivity index (χ4n) is 4.34. The Labute approximate surface area is 182 Å². The van der Waals surface area contributed by atoms with Gasteiger partial charge >= 0.3 is 0 Å². The number of fused-ring (bicyclic) bond motifs is 2. The molecule has 0 aliphatic carbocycles. The number of hydrogen-bond donors (Lipinski definition) is 2. The highest BCUT2D eigenvalue weighted by Crippen LogP contribution is 2.32. The average molecular weight is 434 g/mol. The van der Waals surface area contributed by atoms with Crippen LogP contribution >= 0.6 is 0 Å². The summed E-state index contributed by atoms with van der Waals surface area (Å²) in [6.45, 7) is 0.135. The molecular formula is C23H19FN4O4. The first-order valence-electron chi connectivity index (χ1n) is 10.2. The van der Waals surface area contributed by atoms with Crippen LogP contribution in [0.1, 0.15) is 28.8 Å². The fraction of sp³-hybridized carbons (Fsp3) is 0.217. The van der Waals surface area contributed by atoms with E-state index in [0.717, 1.165) is 5.39 Å². The van der Waals surface area contributed by atoms with Gasteiger partial charge < -0.3 is 14.8 Å². The van der Waals surface area contributed by atoms with Crippen molar-refractivity contribution >= 4 is 40.2 Å². The van der Waals surface area contributed by atoms with Crippen LogP contribution in [-0.4, -0.2) is 39.1 Å². The van der Waals surface area contributed by atoms with Gasteiger partial charge in [-0.05, 0) is 48.2 Å². The molecule has 5 rings (SSSR count). The van der Waals surface area contributed by atoms with Crippen molar-refractivity contribution in [2.45, 2.75) is 32.0 Å². The van der Waals surface area contributed by atoms with Crippen molar-refractivity contribution in [1.82, 2.24) is 14.8 Å². The topological polar surface area (TPSA) is 101 Å². The summed E-state index contributed by atoms with van der Waals surface area (Å²) in [7, 11) is 0. The molecule has 3 aromatic rings. The number of amides is 4. The maximum Gasteiger partial charge on any atom is 0.255 e. The minimum absolute atomic E-state index is 0.0264. The number of nitrogens with one attached hydrogen (secondary N) is 2. The molecule has 2 N–H and O–H groups in total. The molecule has 4 amide bonds. The van der Waals surface area contributed by atoms with Crippen LogP contribution in [0, 0.1) is 5.82 Å². The van der Waals surface area contributed by atoms with Crippen molar-refractivity contribution in [1.29, 1.82) is 0 Å². The van der Waals surface area contributed by atoms with E-state index >= 15 is 0 Å². The van der Waals surface area contributed by atoms with E-state index in [-0.39, 0.29) is 49.5 Å². The molecule has 2 aromatic carbocycles. The number of piperidine rings is 1. The number of halogens is 1. The number of benzene rings is 2. The highest BCUT2D eigenvalue weighted by atomic mass is 19.1. The maximum absolute atomic E-state index is 13.6. The van der Waals surface area contributed by atoms with Gasteiger partial charge in [0.05, 0.1) is 5.52 Å². The standard InChI is InChI=1S/C23H19FN4O4/c24-14-5-4-13-8-9-27(19(13)10-14)12-21(30)25-17-3-1-2-15-16(17)11-28(23(15)32)18-6-7-20(29)26-22(18)31/h1-5,8-10,18H,6-7,11-12H2,(H,25,30)(H,26,29,31). The summed E-state index contributed by atoms with van der Waals surface area (Å²) in [5.74, 6) is -1.85. The van der Waals surface area contributed by atoms with Crippen LogP contribution < -0.4 is 10.6 Å². The molecule has 0 spiro atoms. The summed E-state index contributed by atoms with van der Waals surface area (Å²) in [4.78, 5) is 50.7. The second-order valence-electron chi connectivity index (χ2n) is 7.93. The molecule has 0 radical (unpaired) electrons. The summed E-state index contributed by atoms with van der Waals surface area (Å²) in [5.41, 5.74) is 2.14. The number of carbonyl (C=O) groups excluding carboxylic acids is 4. The van der Waals surface area contributed by atoms with Crippen molar-refractivity contribution in [2.24, 2.45) is 0 Å². The zero-order valence-electron chi connectivity index (χ0n) is 16.9. The van der Waals surface area contributed by atoms with Gasteiger partial charge in [-0.3, -0.25) is 24.5 Å². The lowest BCUT2D eigenvalue weighted by Gasteiger charge is -2.29. The lowest BCUT2D eigenvalue weighted by Crippen LogP contribution is -2.52. The summed E-state index contributed by atoms with van der Waals surface area (Å²) >= 11 is 0. The molecule has 162 valence electrons. The highest BCUT2D eigenvalue weighted by molar-refractivity contribution is 6.06. The molecule has 1 atom stereocenters. The van der Waals surface area contributed by atoms with E-state index in [2.05, 4.69) is 10.6 Å². The third-order valence-corrected chi connectivity index (χ3v) is 5.91. The predicted octanol–water partition coefficient (Wildman–Crippen LogP) is 2.18. The number of carbonyl (C=O) groups is 4. The summed E-state index contributed by atoms with van der Waals surface area (Å²) in [5, 5.41) is 5.93. The first kappa shape index (κ1) is 19.9. The molecule has 9 heteroatoms. The van der Waals surface area contributed by atoms with E-state index in [1.165, 1.54) is 17.0 Å². The molecule has 3 heterocycles. The van der Waals surface area contributed by atoms with Crippen molar-refractivity contribution < 1.29 is 23.6 Å². The number of hydrogen-bond acceptors (Lipinski definition) is 4. The van der Waals surface area contributed by atoms with E-state index in [4.69, 9.17) is 0 Å². The quantitative estimate of drug-likeness (QED) is 0.615. The lowest BCUT2D eigenvalue weighted by atomic mass is 10.0. The van der Waals surface area contributed by atoms with Crippen LogP contribution in [0.4, 0.5) is 10.1 Å². The Morgan fingerprint density at radius 2 is 2.00 bits per heavy atom. The fourth-order valence-corrected chi connectivity index (χ4v) is 4.34. The zero-order valence-corrected chi connectivity index (χ0v) is 16.9. The highest BCUT2D eigenvalue weighted by Gasteiger charge is 2.39. The van der Waals surface area contributed by atoms with Crippen molar-refractivity contribution in [3.8, 4) is 0 Å². The second kappa shape index (κ2) is 7.60. The zero-order chi connectivity index (χ0) is 22.4. The van der Waals surface area contributed by atoms with Gasteiger partial charge in [-0.1, -0.05) is 6.07 Å². The third-order valence-electron chi connectivity index (χ3n) is 5.91. The Hall–Kier alpha value is -4.01. The molecule has 1 saturated heterocycles. The first-order chi connectivity index (χ1) is 15.4. The van der Waals surface area contributed by atoms with Crippen molar-refractivity contribution in [3.05, 3.63) is 65.6 Å². The van der Waals surface area contributed by atoms with Gasteiger partial charge in [-0.25, -0.2) is 4.39 Å². The van der Waals surface area contributed by atoms with Gasteiger partial charge in [0.2, 0.25) is 17.7 Å². The van der Waals surface area contributed by atoms with Gasteiger partial charge in [0.15, 0.2) is 0 Å². The van der Waals surface area contributed by atoms with Gasteiger partial charge in [0.25, 0.3) is 5.91 Å². The molecule has 32 heavy (non-hydrogen) atoms. The Bertz CT molecular complexity index is 1300. The molecule has 8 nitrogen and oxygen atoms in total. The van der Waals surface area contributed by atoms with E-state index in [0.29, 0.717) is 22.3 Å². The van der Waals surface area contributed by atoms with E-state index in [9.17, 15) is 23.6 Å². The van der Waals surface area contributed by atoms with Crippen LogP contribution in [-0.2, 0) is 27.5 Å². The molecule has 2 aliphatic rings. The number of nitrogens with zero attached hydrogens (tertiary/aromatic N) is 2. The third kappa shape index (κ3) is 3.41. The van der Waals surface area contributed by atoms with Gasteiger partial charge in [-0.15, -0.1) is 0 Å². The van der Waals surface area contributed by atoms with Gasteiger partial charge in [-0.2, -0.15) is 0 Å². The summed E-state index contributed by atoms with van der Waals surface area (Å²) in [6.07, 6.45) is 2.16. The molecule has 0 bridgehead atoms. The minimum Gasteiger partial charge on any atom is -0.338 e. The summed E-state index contributed by atoms with van der Waals surface area (Å²) < 4.78 is 15.3. The number of rotatable bonds is 4. The average Bonchev–Trinajstić information content (AvgIpc) is 3.30. The molecule has 1 unspecified atom stereocenters. The van der Waals surface area contributed by atoms with Crippen molar-refractivity contribution in [2.75, 3.05) is 5.32 Å². The number of imide groups is 1. The minimum atomic E-state index is -0.725. The lowest BCUT2D eigenvalue weighted by molar-refractivity contribution is -0.137. The maximum atomic E-state index is 13.6. The SMILES string of the molecule is O=C1CCC(N2Cc3c(NC(=O)Cn4ccc5ccc(F)cc54)cccc3C2=O)C(=O)N1. The summed E-state index contributed by atoms with van der Waals surface area (Å²) in [6, 6.07) is 10.5. The largest absolute Gasteiger partial charge is 0.338 e. The first-order valence-corrected chi connectivity index (χ1v) is 10.2. The van der Waals surface area contributed by atoms with Crippen LogP contribution in [0.2, 0.25) is 0 Å². The normalized spacial score (nSPS) is 18.1. The Balaban J connectivity index is 1.35. The van der Waals surface area contributed by atoms with E-state index in [1.807, 2.05) is 0 Å². The Morgan fingerprint density at radius 3 is 2.81 bits per heavy atom. The van der Waals surface area contributed by atoms with Gasteiger partial charge in [0.1, 0.15) is 18.4 Å². The molecule has 2 aliphatic heterocycles. The van der Waals surface area contributed by atoms with E-state index < -0.39 is 11.9 Å². The second-order valence-corrected chi connectivity index (χ2v) is 7.93.